The maximum Gasteiger partial charge on any atom is 0.266 e. The molecule has 3 aromatic carbocycles. The normalized spacial score (nSPS) is 11.1. The average molecular weight is 710 g/mol. The lowest BCUT2D eigenvalue weighted by Gasteiger charge is -2.12. The maximum atomic E-state index is 12.6. The summed E-state index contributed by atoms with van der Waals surface area (Å²) in [7, 11) is 0. The molecule has 0 heterocycles. The minimum absolute atomic E-state index is 0.0487. The number of ether oxygens (including phenoxy) is 1. The van der Waals surface area contributed by atoms with Gasteiger partial charge in [-0.25, -0.2) is 0 Å². The van der Waals surface area contributed by atoms with Gasteiger partial charge in [-0.3, -0.25) is 4.79 Å². The van der Waals surface area contributed by atoms with Gasteiger partial charge in [0.25, 0.3) is 5.91 Å². The van der Waals surface area contributed by atoms with Crippen LogP contribution in [0.3, 0.4) is 0 Å². The average Bonchev–Trinajstić information content (AvgIpc) is 2.75. The van der Waals surface area contributed by atoms with E-state index in [9.17, 15) is 10.1 Å². The molecule has 1 amide bonds. The number of carbonyl (C=O) groups is 1. The largest absolute Gasteiger partial charge is 0.487 e. The Bertz CT molecular complexity index is 1230. The van der Waals surface area contributed by atoms with E-state index in [1.807, 2.05) is 42.5 Å². The van der Waals surface area contributed by atoms with Crippen molar-refractivity contribution in [3.8, 4) is 11.8 Å². The van der Waals surface area contributed by atoms with E-state index >= 15 is 0 Å². The van der Waals surface area contributed by atoms with Crippen molar-refractivity contribution in [1.29, 1.82) is 5.26 Å². The second-order valence-corrected chi connectivity index (χ2v) is 9.99. The van der Waals surface area contributed by atoms with Gasteiger partial charge in [-0.15, -0.1) is 0 Å². The Labute approximate surface area is 227 Å². The van der Waals surface area contributed by atoms with E-state index in [-0.39, 0.29) is 5.57 Å². The van der Waals surface area contributed by atoms with E-state index in [0.29, 0.717) is 38.7 Å². The molecule has 0 unspecified atom stereocenters. The van der Waals surface area contributed by atoms with Crippen LogP contribution in [0, 0.1) is 18.5 Å². The quantitative estimate of drug-likeness (QED) is 0.161. The number of benzene rings is 3. The van der Waals surface area contributed by atoms with Crippen LogP contribution < -0.4 is 10.1 Å². The fourth-order valence-electron chi connectivity index (χ4n) is 2.65. The molecule has 0 aliphatic carbocycles. The van der Waals surface area contributed by atoms with Crippen LogP contribution in [0.25, 0.3) is 6.08 Å². The van der Waals surface area contributed by atoms with Crippen molar-refractivity contribution in [1.82, 2.24) is 0 Å². The molecular formula is C23H13Cl3I2N2O2. The monoisotopic (exact) mass is 708 g/mol. The van der Waals surface area contributed by atoms with Crippen molar-refractivity contribution in [2.45, 2.75) is 6.61 Å². The van der Waals surface area contributed by atoms with Gasteiger partial charge in [-0.2, -0.15) is 5.26 Å². The summed E-state index contributed by atoms with van der Waals surface area (Å²) in [6, 6.07) is 17.8. The number of nitrogens with zero attached hydrogens (tertiary/aromatic N) is 1. The molecule has 0 spiro atoms. The topological polar surface area (TPSA) is 62.1 Å². The molecule has 0 saturated carbocycles. The van der Waals surface area contributed by atoms with E-state index < -0.39 is 5.91 Å². The first-order chi connectivity index (χ1) is 15.3. The molecule has 0 radical (unpaired) electrons. The third-order valence-electron chi connectivity index (χ3n) is 4.20. The summed E-state index contributed by atoms with van der Waals surface area (Å²) in [5.74, 6) is 0.164. The summed E-state index contributed by atoms with van der Waals surface area (Å²) < 4.78 is 7.67. The number of carbonyl (C=O) groups excluding carboxylic acids is 1. The molecule has 1 N–H and O–H groups in total. The van der Waals surface area contributed by atoms with E-state index in [1.165, 1.54) is 12.1 Å². The van der Waals surface area contributed by atoms with E-state index in [1.54, 1.807) is 12.1 Å². The summed E-state index contributed by atoms with van der Waals surface area (Å²) in [5.41, 5.74) is 1.98. The molecule has 0 atom stereocenters. The summed E-state index contributed by atoms with van der Waals surface area (Å²) in [4.78, 5) is 12.6. The Kier molecular flexibility index (Phi) is 9.08. The highest BCUT2D eigenvalue weighted by atomic mass is 127. The number of anilines is 1. The van der Waals surface area contributed by atoms with Gasteiger partial charge in [0.15, 0.2) is 0 Å². The highest BCUT2D eigenvalue weighted by Gasteiger charge is 2.14. The maximum absolute atomic E-state index is 12.6. The van der Waals surface area contributed by atoms with Gasteiger partial charge in [0.1, 0.15) is 24.0 Å². The zero-order chi connectivity index (χ0) is 23.3. The molecule has 0 aliphatic heterocycles. The van der Waals surface area contributed by atoms with Crippen molar-refractivity contribution in [2.75, 3.05) is 5.32 Å². The van der Waals surface area contributed by atoms with Crippen molar-refractivity contribution in [3.63, 3.8) is 0 Å². The Morgan fingerprint density at radius 3 is 2.31 bits per heavy atom. The minimum atomic E-state index is -0.546. The molecule has 3 rings (SSSR count). The molecule has 0 fully saturated rings. The van der Waals surface area contributed by atoms with E-state index in [4.69, 9.17) is 39.5 Å². The lowest BCUT2D eigenvalue weighted by atomic mass is 10.1. The SMILES string of the molecule is N#C/C(=C\c1cc(I)c(OCc2ccccc2Cl)c(I)c1)C(=O)Nc1ccc(Cl)c(Cl)c1. The molecule has 0 aromatic heterocycles. The molecule has 9 heteroatoms. The number of hydrogen-bond acceptors (Lipinski definition) is 3. The van der Waals surface area contributed by atoms with Gasteiger partial charge in [-0.1, -0.05) is 53.0 Å². The van der Waals surface area contributed by atoms with Crippen LogP contribution in [0.1, 0.15) is 11.1 Å². The Morgan fingerprint density at radius 1 is 1.00 bits per heavy atom. The van der Waals surface area contributed by atoms with Crippen LogP contribution >= 0.6 is 80.0 Å². The third-order valence-corrected chi connectivity index (χ3v) is 6.91. The highest BCUT2D eigenvalue weighted by Crippen LogP contribution is 2.31. The Balaban J connectivity index is 1.78. The number of amides is 1. The molecule has 4 nitrogen and oxygen atoms in total. The predicted molar refractivity (Wildman–Crippen MR) is 146 cm³/mol. The fraction of sp³-hybridized carbons (Fsp3) is 0.0435. The van der Waals surface area contributed by atoms with Crippen LogP contribution in [-0.4, -0.2) is 5.91 Å². The molecule has 0 aliphatic rings. The van der Waals surface area contributed by atoms with Gasteiger partial charge in [0, 0.05) is 16.3 Å². The molecule has 0 saturated heterocycles. The fourth-order valence-corrected chi connectivity index (χ4v) is 5.27. The molecule has 32 heavy (non-hydrogen) atoms. The van der Waals surface area contributed by atoms with Crippen molar-refractivity contribution in [2.24, 2.45) is 0 Å². The van der Waals surface area contributed by atoms with Crippen LogP contribution in [-0.2, 0) is 11.4 Å². The Morgan fingerprint density at radius 2 is 1.69 bits per heavy atom. The summed E-state index contributed by atoms with van der Waals surface area (Å²) in [6.45, 7) is 0.330. The van der Waals surface area contributed by atoms with Crippen molar-refractivity contribution >= 4 is 97.7 Å². The lowest BCUT2D eigenvalue weighted by molar-refractivity contribution is -0.112. The highest BCUT2D eigenvalue weighted by molar-refractivity contribution is 14.1. The second kappa shape index (κ2) is 11.6. The molecule has 162 valence electrons. The first-order valence-corrected chi connectivity index (χ1v) is 12.3. The number of halogens is 5. The van der Waals surface area contributed by atoms with Crippen LogP contribution in [0.4, 0.5) is 5.69 Å². The lowest BCUT2D eigenvalue weighted by Crippen LogP contribution is -2.13. The summed E-state index contributed by atoms with van der Waals surface area (Å²) >= 11 is 22.4. The first kappa shape index (κ1) is 25.1. The predicted octanol–water partition coefficient (Wildman–Crippen LogP) is 7.98. The molecular weight excluding hydrogens is 696 g/mol. The van der Waals surface area contributed by atoms with E-state index in [0.717, 1.165) is 12.7 Å². The zero-order valence-corrected chi connectivity index (χ0v) is 22.7. The van der Waals surface area contributed by atoms with Gasteiger partial charge >= 0.3 is 0 Å². The Hall–Kier alpha value is -1.51. The number of hydrogen-bond donors (Lipinski definition) is 1. The van der Waals surface area contributed by atoms with Crippen LogP contribution in [0.2, 0.25) is 15.1 Å². The smallest absolute Gasteiger partial charge is 0.266 e. The zero-order valence-electron chi connectivity index (χ0n) is 16.1. The third kappa shape index (κ3) is 6.51. The summed E-state index contributed by atoms with van der Waals surface area (Å²) in [5, 5.41) is 13.5. The van der Waals surface area contributed by atoms with E-state index in [2.05, 4.69) is 50.5 Å². The minimum Gasteiger partial charge on any atom is -0.487 e. The van der Waals surface area contributed by atoms with Gasteiger partial charge in [0.05, 0.1) is 17.2 Å². The number of nitrogens with one attached hydrogen (secondary N) is 1. The van der Waals surface area contributed by atoms with Gasteiger partial charge < -0.3 is 10.1 Å². The van der Waals surface area contributed by atoms with Gasteiger partial charge in [0.2, 0.25) is 0 Å². The number of nitriles is 1. The standard InChI is InChI=1S/C23H13Cl3I2N2O2/c24-17-4-2-1-3-14(17)12-32-22-20(27)8-13(9-21(22)28)7-15(11-29)23(31)30-16-5-6-18(25)19(26)10-16/h1-10H,12H2,(H,30,31)/b15-7+. The molecule has 0 bridgehead atoms. The van der Waals surface area contributed by atoms with Crippen molar-refractivity contribution < 1.29 is 9.53 Å². The first-order valence-electron chi connectivity index (χ1n) is 9.02. The van der Waals surface area contributed by atoms with Crippen molar-refractivity contribution in [3.05, 3.63) is 93.5 Å². The van der Waals surface area contributed by atoms with Crippen LogP contribution in [0.5, 0.6) is 5.75 Å². The number of rotatable bonds is 6. The van der Waals surface area contributed by atoms with Crippen LogP contribution in [0.15, 0.2) is 60.2 Å². The van der Waals surface area contributed by atoms with Gasteiger partial charge in [-0.05, 0) is 93.2 Å². The summed E-state index contributed by atoms with van der Waals surface area (Å²) in [6.07, 6.45) is 1.52. The molecule has 3 aromatic rings. The second-order valence-electron chi connectivity index (χ2n) is 6.45.